The predicted molar refractivity (Wildman–Crippen MR) is 102 cm³/mol. The summed E-state index contributed by atoms with van der Waals surface area (Å²) < 4.78 is 5.62. The van der Waals surface area contributed by atoms with Crippen LogP contribution in [0.15, 0.2) is 35.7 Å². The first kappa shape index (κ1) is 18.0. The quantitative estimate of drug-likeness (QED) is 0.779. The van der Waals surface area contributed by atoms with Crippen LogP contribution in [0.25, 0.3) is 0 Å². The molecule has 0 aliphatic heterocycles. The third-order valence-corrected chi connectivity index (χ3v) is 5.88. The first-order valence-electron chi connectivity index (χ1n) is 8.89. The van der Waals surface area contributed by atoms with E-state index in [1.54, 1.807) is 0 Å². The molecule has 2 aromatic rings. The van der Waals surface area contributed by atoms with E-state index in [0.717, 1.165) is 24.4 Å². The van der Waals surface area contributed by atoms with Crippen LogP contribution in [0.5, 0.6) is 5.75 Å². The molecule has 0 radical (unpaired) electrons. The van der Waals surface area contributed by atoms with E-state index in [4.69, 9.17) is 10.5 Å². The molecule has 1 aromatic carbocycles. The largest absolute Gasteiger partial charge is 0.483 e. The van der Waals surface area contributed by atoms with Crippen molar-refractivity contribution < 1.29 is 9.53 Å². The Bertz CT molecular complexity index is 707. The molecule has 0 saturated heterocycles. The number of carbonyl (C=O) groups excluding carboxylic acids is 1. The minimum absolute atomic E-state index is 0.0789. The Hall–Kier alpha value is -1.85. The van der Waals surface area contributed by atoms with Crippen LogP contribution in [-0.4, -0.2) is 23.5 Å². The van der Waals surface area contributed by atoms with Gasteiger partial charge in [-0.25, -0.2) is 0 Å². The molecule has 25 heavy (non-hydrogen) atoms. The average Bonchev–Trinajstić information content (AvgIpc) is 3.25. The number of thiophene rings is 1. The van der Waals surface area contributed by atoms with Crippen molar-refractivity contribution in [2.24, 2.45) is 5.73 Å². The second-order valence-corrected chi connectivity index (χ2v) is 7.73. The second-order valence-electron chi connectivity index (χ2n) is 6.73. The fourth-order valence-corrected chi connectivity index (χ4v) is 4.41. The number of nitrogens with zero attached hydrogens (tertiary/aromatic N) is 1. The van der Waals surface area contributed by atoms with E-state index >= 15 is 0 Å². The highest BCUT2D eigenvalue weighted by molar-refractivity contribution is 7.10. The lowest BCUT2D eigenvalue weighted by atomic mass is 10.1. The van der Waals surface area contributed by atoms with Crippen molar-refractivity contribution in [3.8, 4) is 5.75 Å². The Kier molecular flexibility index (Phi) is 6.10. The fourth-order valence-electron chi connectivity index (χ4n) is 3.48. The number of rotatable bonds is 8. The molecule has 1 fully saturated rings. The average molecular weight is 359 g/mol. The second kappa shape index (κ2) is 8.50. The van der Waals surface area contributed by atoms with Gasteiger partial charge in [0.2, 0.25) is 0 Å². The summed E-state index contributed by atoms with van der Waals surface area (Å²) in [7, 11) is 0. The maximum absolute atomic E-state index is 11.1. The number of nitrogens with two attached hydrogens (primary N) is 1. The summed E-state index contributed by atoms with van der Waals surface area (Å²) in [6, 6.07) is 10.8. The summed E-state index contributed by atoms with van der Waals surface area (Å²) in [6.07, 6.45) is 5.14. The Balaban J connectivity index is 1.78. The summed E-state index contributed by atoms with van der Waals surface area (Å²) >= 11 is 1.83. The number of amides is 1. The van der Waals surface area contributed by atoms with Gasteiger partial charge in [-0.05, 0) is 42.8 Å². The lowest BCUT2D eigenvalue weighted by molar-refractivity contribution is -0.119. The molecule has 0 unspecified atom stereocenters. The standard InChI is InChI=1S/C20H26N2O2S/c1-15-10-11-25-19(15)13-22(17-7-3-4-8-17)12-16-6-2-5-9-18(16)24-14-20(21)23/h2,5-6,9-11,17H,3-4,7-8,12-14H2,1H3,(H2,21,23). The van der Waals surface area contributed by atoms with E-state index in [9.17, 15) is 4.79 Å². The number of ether oxygens (including phenoxy) is 1. The van der Waals surface area contributed by atoms with Crippen LogP contribution in [0.2, 0.25) is 0 Å². The molecule has 134 valence electrons. The summed E-state index contributed by atoms with van der Waals surface area (Å²) in [4.78, 5) is 15.1. The molecule has 5 heteroatoms. The van der Waals surface area contributed by atoms with E-state index in [1.807, 2.05) is 29.5 Å². The lowest BCUT2D eigenvalue weighted by Gasteiger charge is -2.29. The number of para-hydroxylation sites is 1. The summed E-state index contributed by atoms with van der Waals surface area (Å²) in [5, 5.41) is 2.17. The molecule has 0 atom stereocenters. The van der Waals surface area contributed by atoms with Gasteiger partial charge in [0.1, 0.15) is 5.75 Å². The molecule has 1 aliphatic rings. The summed E-state index contributed by atoms with van der Waals surface area (Å²) in [5.74, 6) is 0.309. The molecular weight excluding hydrogens is 332 g/mol. The zero-order valence-electron chi connectivity index (χ0n) is 14.7. The maximum atomic E-state index is 11.1. The van der Waals surface area contributed by atoms with Gasteiger partial charge in [-0.2, -0.15) is 0 Å². The van der Waals surface area contributed by atoms with Gasteiger partial charge in [0.05, 0.1) is 0 Å². The summed E-state index contributed by atoms with van der Waals surface area (Å²) in [6.45, 7) is 3.91. The van der Waals surface area contributed by atoms with E-state index < -0.39 is 5.91 Å². The number of primary amides is 1. The van der Waals surface area contributed by atoms with Gasteiger partial charge in [-0.3, -0.25) is 9.69 Å². The van der Waals surface area contributed by atoms with Crippen LogP contribution in [0, 0.1) is 6.92 Å². The molecule has 1 aliphatic carbocycles. The van der Waals surface area contributed by atoms with Crippen molar-refractivity contribution >= 4 is 17.2 Å². The van der Waals surface area contributed by atoms with Gasteiger partial charge in [0, 0.05) is 29.6 Å². The molecule has 0 spiro atoms. The van der Waals surface area contributed by atoms with E-state index in [-0.39, 0.29) is 6.61 Å². The molecular formula is C20H26N2O2S. The van der Waals surface area contributed by atoms with Crippen molar-refractivity contribution in [2.75, 3.05) is 6.61 Å². The zero-order valence-corrected chi connectivity index (χ0v) is 15.6. The highest BCUT2D eigenvalue weighted by Gasteiger charge is 2.24. The van der Waals surface area contributed by atoms with E-state index in [1.165, 1.54) is 36.1 Å². The van der Waals surface area contributed by atoms with Gasteiger partial charge in [0.25, 0.3) is 5.91 Å². The third kappa shape index (κ3) is 4.83. The summed E-state index contributed by atoms with van der Waals surface area (Å²) in [5.41, 5.74) is 7.71. The Morgan fingerprint density at radius 3 is 2.68 bits per heavy atom. The molecule has 4 nitrogen and oxygen atoms in total. The smallest absolute Gasteiger partial charge is 0.255 e. The van der Waals surface area contributed by atoms with Gasteiger partial charge < -0.3 is 10.5 Å². The first-order chi connectivity index (χ1) is 12.1. The Morgan fingerprint density at radius 1 is 1.24 bits per heavy atom. The highest BCUT2D eigenvalue weighted by Crippen LogP contribution is 2.30. The van der Waals surface area contributed by atoms with Crippen LogP contribution in [0.1, 0.15) is 41.7 Å². The van der Waals surface area contributed by atoms with Crippen molar-refractivity contribution in [3.63, 3.8) is 0 Å². The fraction of sp³-hybridized carbons (Fsp3) is 0.450. The number of hydrogen-bond donors (Lipinski definition) is 1. The molecule has 1 amide bonds. The monoisotopic (exact) mass is 358 g/mol. The molecule has 2 N–H and O–H groups in total. The Morgan fingerprint density at radius 2 is 2.00 bits per heavy atom. The van der Waals surface area contributed by atoms with Crippen molar-refractivity contribution in [1.82, 2.24) is 4.90 Å². The van der Waals surface area contributed by atoms with Crippen molar-refractivity contribution in [1.29, 1.82) is 0 Å². The first-order valence-corrected chi connectivity index (χ1v) is 9.77. The van der Waals surface area contributed by atoms with Crippen LogP contribution in [0.3, 0.4) is 0 Å². The van der Waals surface area contributed by atoms with E-state index in [2.05, 4.69) is 29.3 Å². The zero-order chi connectivity index (χ0) is 17.6. The number of carbonyl (C=O) groups is 1. The van der Waals surface area contributed by atoms with E-state index in [0.29, 0.717) is 6.04 Å². The SMILES string of the molecule is Cc1ccsc1CN(Cc1ccccc1OCC(N)=O)C1CCCC1. The van der Waals surface area contributed by atoms with Crippen LogP contribution < -0.4 is 10.5 Å². The normalized spacial score (nSPS) is 15.0. The molecule has 3 rings (SSSR count). The van der Waals surface area contributed by atoms with Crippen molar-refractivity contribution in [3.05, 3.63) is 51.7 Å². The minimum Gasteiger partial charge on any atom is -0.483 e. The van der Waals surface area contributed by atoms with Crippen LogP contribution >= 0.6 is 11.3 Å². The molecule has 1 saturated carbocycles. The van der Waals surface area contributed by atoms with Crippen LogP contribution in [-0.2, 0) is 17.9 Å². The molecule has 0 bridgehead atoms. The van der Waals surface area contributed by atoms with Gasteiger partial charge in [-0.1, -0.05) is 31.0 Å². The highest BCUT2D eigenvalue weighted by atomic mass is 32.1. The van der Waals surface area contributed by atoms with Gasteiger partial charge >= 0.3 is 0 Å². The van der Waals surface area contributed by atoms with Gasteiger partial charge in [0.15, 0.2) is 6.61 Å². The maximum Gasteiger partial charge on any atom is 0.255 e. The topological polar surface area (TPSA) is 55.6 Å². The van der Waals surface area contributed by atoms with Crippen molar-refractivity contribution in [2.45, 2.75) is 51.7 Å². The predicted octanol–water partition coefficient (Wildman–Crippen LogP) is 3.87. The molecule has 1 heterocycles. The van der Waals surface area contributed by atoms with Crippen LogP contribution in [0.4, 0.5) is 0 Å². The molecule has 1 aromatic heterocycles. The van der Waals surface area contributed by atoms with Gasteiger partial charge in [-0.15, -0.1) is 11.3 Å². The number of hydrogen-bond acceptors (Lipinski definition) is 4. The number of aryl methyl sites for hydroxylation is 1. The Labute approximate surface area is 153 Å². The number of benzene rings is 1. The lowest BCUT2D eigenvalue weighted by Crippen LogP contribution is -2.32. The third-order valence-electron chi connectivity index (χ3n) is 4.87. The minimum atomic E-state index is -0.448.